The molecule has 2 aromatic carbocycles. The second-order valence-corrected chi connectivity index (χ2v) is 8.61. The third kappa shape index (κ3) is 5.19. The maximum absolute atomic E-state index is 13.9. The summed E-state index contributed by atoms with van der Waals surface area (Å²) in [5.74, 6) is -0.00347. The number of nitrogens with one attached hydrogen (secondary N) is 2. The largest absolute Gasteiger partial charge is 0.492 e. The minimum atomic E-state index is -4.20. The molecule has 0 radical (unpaired) electrons. The van der Waals surface area contributed by atoms with Crippen LogP contribution in [-0.2, 0) is 14.8 Å². The maximum atomic E-state index is 13.9. The molecule has 10 heteroatoms. The Labute approximate surface area is 174 Å². The Kier molecular flexibility index (Phi) is 6.78. The summed E-state index contributed by atoms with van der Waals surface area (Å²) >= 11 is 0. The van der Waals surface area contributed by atoms with Crippen LogP contribution >= 0.6 is 0 Å². The Balaban J connectivity index is 1.55. The number of carbonyl (C=O) groups excluding carboxylic acids is 1. The molecule has 3 rings (SSSR count). The number of carbonyl (C=O) groups is 1. The van der Waals surface area contributed by atoms with Gasteiger partial charge in [0.25, 0.3) is 0 Å². The van der Waals surface area contributed by atoms with Crippen molar-refractivity contribution in [2.75, 3.05) is 19.9 Å². The van der Waals surface area contributed by atoms with Gasteiger partial charge in [0, 0.05) is 6.07 Å². The summed E-state index contributed by atoms with van der Waals surface area (Å²) in [4.78, 5) is 12.0. The van der Waals surface area contributed by atoms with Gasteiger partial charge in [-0.2, -0.15) is 4.72 Å². The molecule has 2 aromatic rings. The molecule has 0 saturated heterocycles. The molecule has 0 aromatic heterocycles. The lowest BCUT2D eigenvalue weighted by atomic mass is 10.1. The third-order valence-electron chi connectivity index (χ3n) is 4.37. The Morgan fingerprint density at radius 1 is 1.17 bits per heavy atom. The number of ether oxygens (including phenoxy) is 3. The summed E-state index contributed by atoms with van der Waals surface area (Å²) in [5, 5.41) is 2.63. The molecule has 0 saturated carbocycles. The fraction of sp³-hybridized carbons (Fsp3) is 0.350. The monoisotopic (exact) mass is 438 g/mol. The van der Waals surface area contributed by atoms with Crippen LogP contribution in [0.15, 0.2) is 47.4 Å². The first-order chi connectivity index (χ1) is 14.3. The molecule has 1 atom stereocenters. The van der Waals surface area contributed by atoms with Crippen LogP contribution in [0.5, 0.6) is 17.2 Å². The van der Waals surface area contributed by atoms with Crippen molar-refractivity contribution in [3.8, 4) is 17.2 Å². The number of halogens is 1. The van der Waals surface area contributed by atoms with Crippen LogP contribution in [-0.4, -0.2) is 40.3 Å². The Morgan fingerprint density at radius 3 is 2.63 bits per heavy atom. The summed E-state index contributed by atoms with van der Waals surface area (Å²) in [6.45, 7) is 3.86. The van der Waals surface area contributed by atoms with E-state index in [1.807, 2.05) is 0 Å². The Morgan fingerprint density at radius 2 is 1.90 bits per heavy atom. The summed E-state index contributed by atoms with van der Waals surface area (Å²) in [7, 11) is -4.20. The number of hydrogen-bond donors (Lipinski definition) is 2. The van der Waals surface area contributed by atoms with Gasteiger partial charge in [-0.3, -0.25) is 4.79 Å². The van der Waals surface area contributed by atoms with E-state index >= 15 is 0 Å². The second kappa shape index (κ2) is 9.31. The summed E-state index contributed by atoms with van der Waals surface area (Å²) in [6.07, 6.45) is 0. The first-order valence-corrected chi connectivity index (χ1v) is 10.8. The van der Waals surface area contributed by atoms with Gasteiger partial charge in [-0.05, 0) is 30.2 Å². The molecule has 0 aliphatic carbocycles. The minimum absolute atomic E-state index is 0.151. The van der Waals surface area contributed by atoms with Gasteiger partial charge in [0.15, 0.2) is 11.5 Å². The van der Waals surface area contributed by atoms with Crippen molar-refractivity contribution in [2.24, 2.45) is 5.92 Å². The van der Waals surface area contributed by atoms with Gasteiger partial charge in [-0.25, -0.2) is 12.8 Å². The molecule has 2 N–H and O–H groups in total. The first-order valence-electron chi connectivity index (χ1n) is 9.35. The van der Waals surface area contributed by atoms with E-state index in [9.17, 15) is 17.6 Å². The predicted octanol–water partition coefficient (Wildman–Crippen LogP) is 2.05. The SMILES string of the molecule is CC(C)[C@H](NS(=O)(=O)c1ccccc1F)C(=O)NCCOc1ccc2c(c1)OCO2. The fourth-order valence-corrected chi connectivity index (χ4v) is 4.23. The number of benzene rings is 2. The van der Waals surface area contributed by atoms with E-state index < -0.39 is 32.7 Å². The smallest absolute Gasteiger partial charge is 0.244 e. The van der Waals surface area contributed by atoms with Crippen LogP contribution in [0.1, 0.15) is 13.8 Å². The van der Waals surface area contributed by atoms with Crippen LogP contribution in [0.2, 0.25) is 0 Å². The topological polar surface area (TPSA) is 103 Å². The highest BCUT2D eigenvalue weighted by Crippen LogP contribution is 2.34. The third-order valence-corrected chi connectivity index (χ3v) is 5.85. The molecule has 8 nitrogen and oxygen atoms in total. The Bertz CT molecular complexity index is 1010. The van der Waals surface area contributed by atoms with E-state index in [-0.39, 0.29) is 25.9 Å². The van der Waals surface area contributed by atoms with Crippen LogP contribution in [0.4, 0.5) is 4.39 Å². The van der Waals surface area contributed by atoms with Crippen molar-refractivity contribution in [1.82, 2.24) is 10.0 Å². The molecule has 0 fully saturated rings. The molecule has 1 aliphatic heterocycles. The molecule has 1 heterocycles. The molecule has 0 unspecified atom stereocenters. The lowest BCUT2D eigenvalue weighted by molar-refractivity contribution is -0.123. The molecule has 30 heavy (non-hydrogen) atoms. The first kappa shape index (κ1) is 21.8. The quantitative estimate of drug-likeness (QED) is 0.581. The van der Waals surface area contributed by atoms with Crippen molar-refractivity contribution in [3.63, 3.8) is 0 Å². The number of fused-ring (bicyclic) bond motifs is 1. The van der Waals surface area contributed by atoms with E-state index in [4.69, 9.17) is 14.2 Å². The summed E-state index contributed by atoms with van der Waals surface area (Å²) < 4.78 is 57.2. The van der Waals surface area contributed by atoms with Crippen LogP contribution in [0, 0.1) is 11.7 Å². The highest BCUT2D eigenvalue weighted by Gasteiger charge is 2.29. The van der Waals surface area contributed by atoms with Crippen molar-refractivity contribution >= 4 is 15.9 Å². The standard InChI is InChI=1S/C20H23FN2O6S/c1-13(2)19(23-30(25,26)18-6-4-3-5-15(18)21)20(24)22-9-10-27-14-7-8-16-17(11-14)29-12-28-16/h3-8,11,13,19,23H,9-10,12H2,1-2H3,(H,22,24)/t19-/m0/s1. The molecule has 1 amide bonds. The lowest BCUT2D eigenvalue weighted by Crippen LogP contribution is -2.50. The maximum Gasteiger partial charge on any atom is 0.244 e. The van der Waals surface area contributed by atoms with E-state index in [2.05, 4.69) is 10.0 Å². The molecular formula is C20H23FN2O6S. The zero-order valence-electron chi connectivity index (χ0n) is 16.6. The van der Waals surface area contributed by atoms with E-state index in [1.54, 1.807) is 32.0 Å². The average Bonchev–Trinajstić information content (AvgIpc) is 3.17. The van der Waals surface area contributed by atoms with Crippen LogP contribution in [0.3, 0.4) is 0 Å². The molecule has 0 bridgehead atoms. The summed E-state index contributed by atoms with van der Waals surface area (Å²) in [6, 6.07) is 9.05. The van der Waals surface area contributed by atoms with Crippen LogP contribution < -0.4 is 24.2 Å². The van der Waals surface area contributed by atoms with Crippen molar-refractivity contribution in [2.45, 2.75) is 24.8 Å². The van der Waals surface area contributed by atoms with Crippen molar-refractivity contribution in [3.05, 3.63) is 48.3 Å². The zero-order chi connectivity index (χ0) is 21.7. The normalized spacial score (nSPS) is 13.9. The zero-order valence-corrected chi connectivity index (χ0v) is 17.4. The van der Waals surface area contributed by atoms with Crippen molar-refractivity contribution < 1.29 is 31.8 Å². The number of rotatable bonds is 9. The van der Waals surface area contributed by atoms with Gasteiger partial charge >= 0.3 is 0 Å². The molecular weight excluding hydrogens is 415 g/mol. The van der Waals surface area contributed by atoms with Gasteiger partial charge in [0.1, 0.15) is 29.1 Å². The average molecular weight is 438 g/mol. The van der Waals surface area contributed by atoms with E-state index in [0.29, 0.717) is 17.2 Å². The second-order valence-electron chi connectivity index (χ2n) is 6.93. The lowest BCUT2D eigenvalue weighted by Gasteiger charge is -2.22. The minimum Gasteiger partial charge on any atom is -0.492 e. The van der Waals surface area contributed by atoms with Gasteiger partial charge in [0.2, 0.25) is 22.7 Å². The van der Waals surface area contributed by atoms with Gasteiger partial charge in [-0.1, -0.05) is 26.0 Å². The number of hydrogen-bond acceptors (Lipinski definition) is 6. The van der Waals surface area contributed by atoms with Gasteiger partial charge in [-0.15, -0.1) is 0 Å². The van der Waals surface area contributed by atoms with E-state index in [0.717, 1.165) is 12.1 Å². The van der Waals surface area contributed by atoms with E-state index in [1.165, 1.54) is 12.1 Å². The highest BCUT2D eigenvalue weighted by atomic mass is 32.2. The molecule has 0 spiro atoms. The number of sulfonamides is 1. The number of amides is 1. The summed E-state index contributed by atoms with van der Waals surface area (Å²) in [5.41, 5.74) is 0. The molecule has 162 valence electrons. The van der Waals surface area contributed by atoms with Crippen LogP contribution in [0.25, 0.3) is 0 Å². The Hall–Kier alpha value is -2.85. The predicted molar refractivity (Wildman–Crippen MR) is 106 cm³/mol. The molecule has 1 aliphatic rings. The fourth-order valence-electron chi connectivity index (χ4n) is 2.81. The van der Waals surface area contributed by atoms with Crippen molar-refractivity contribution in [1.29, 1.82) is 0 Å². The van der Waals surface area contributed by atoms with Gasteiger partial charge < -0.3 is 19.5 Å². The van der Waals surface area contributed by atoms with Gasteiger partial charge in [0.05, 0.1) is 6.54 Å². The highest BCUT2D eigenvalue weighted by molar-refractivity contribution is 7.89.